The van der Waals surface area contributed by atoms with Crippen molar-refractivity contribution in [1.82, 2.24) is 0 Å². The van der Waals surface area contributed by atoms with Gasteiger partial charge in [-0.3, -0.25) is 20.0 Å². The van der Waals surface area contributed by atoms with Gasteiger partial charge in [-0.2, -0.15) is 0 Å². The Kier molecular flexibility index (Phi) is 56.0. The third-order valence-corrected chi connectivity index (χ3v) is 1.83. The lowest BCUT2D eigenvalue weighted by Gasteiger charge is -1.84. The molecule has 0 rings (SSSR count). The summed E-state index contributed by atoms with van der Waals surface area (Å²) in [4.78, 5) is 14.7. The van der Waals surface area contributed by atoms with Gasteiger partial charge in [0.15, 0.2) is 0 Å². The highest BCUT2D eigenvalue weighted by Gasteiger charge is 1.66. The van der Waals surface area contributed by atoms with Gasteiger partial charge >= 0.3 is 0 Å². The summed E-state index contributed by atoms with van der Waals surface area (Å²) in [5.41, 5.74) is 1.79. The number of hydrogen-bond acceptors (Lipinski definition) is 6. The Morgan fingerprint density at radius 3 is 1.50 bits per heavy atom. The molecule has 0 aliphatic carbocycles. The number of allylic oxidation sites excluding steroid dienone is 2. The molecule has 130 valence electrons. The van der Waals surface area contributed by atoms with Crippen molar-refractivity contribution in [2.45, 2.75) is 20.3 Å². The molecule has 0 saturated carbocycles. The molecule has 0 fully saturated rings. The van der Waals surface area contributed by atoms with E-state index >= 15 is 0 Å². The van der Waals surface area contributed by atoms with Crippen LogP contribution in [0.25, 0.3) is 0 Å². The van der Waals surface area contributed by atoms with E-state index in [2.05, 4.69) is 26.9 Å². The minimum atomic E-state index is 0.889. The number of thioether (sulfide) groups is 1. The van der Waals surface area contributed by atoms with Gasteiger partial charge < -0.3 is 4.74 Å². The summed E-state index contributed by atoms with van der Waals surface area (Å²) in [7, 11) is 8.64. The number of nitrogens with zero attached hydrogens (tertiary/aromatic N) is 4. The Labute approximate surface area is 141 Å². The lowest BCUT2D eigenvalue weighted by Crippen LogP contribution is -1.80. The van der Waals surface area contributed by atoms with Crippen molar-refractivity contribution in [2.75, 3.05) is 48.2 Å². The van der Waals surface area contributed by atoms with Gasteiger partial charge in [0.2, 0.25) is 0 Å². The Morgan fingerprint density at radius 1 is 0.909 bits per heavy atom. The molecule has 0 spiro atoms. The average molecular weight is 331 g/mol. The Morgan fingerprint density at radius 2 is 1.41 bits per heavy atom. The first-order chi connectivity index (χ1) is 10.7. The van der Waals surface area contributed by atoms with Crippen molar-refractivity contribution in [3.8, 4) is 0 Å². The van der Waals surface area contributed by atoms with Crippen LogP contribution in [0, 0.1) is 0 Å². The van der Waals surface area contributed by atoms with Crippen LogP contribution in [-0.2, 0) is 4.74 Å². The maximum atomic E-state index is 4.69. The molecule has 0 aliphatic rings. The zero-order chi connectivity index (χ0) is 17.9. The second-order valence-corrected chi connectivity index (χ2v) is 4.02. The Balaban J connectivity index is -0.0000000986. The van der Waals surface area contributed by atoms with E-state index in [-0.39, 0.29) is 0 Å². The van der Waals surface area contributed by atoms with Gasteiger partial charge in [-0.05, 0) is 25.7 Å². The van der Waals surface area contributed by atoms with Gasteiger partial charge in [0.25, 0.3) is 0 Å². The minimum absolute atomic E-state index is 0.889. The molecule has 0 saturated heterocycles. The van der Waals surface area contributed by atoms with E-state index in [0.717, 1.165) is 13.0 Å². The minimum Gasteiger partial charge on any atom is -0.385 e. The lowest BCUT2D eigenvalue weighted by atomic mass is 10.5. The predicted octanol–water partition coefficient (Wildman–Crippen LogP) is 3.70. The fraction of sp³-hybridized carbons (Fsp3) is 0.625. The summed E-state index contributed by atoms with van der Waals surface area (Å²) in [5, 5.41) is 0. The second kappa shape index (κ2) is 42.7. The molecule has 6 heteroatoms. The highest BCUT2D eigenvalue weighted by molar-refractivity contribution is 8.11. The van der Waals surface area contributed by atoms with Crippen LogP contribution < -0.4 is 0 Å². The zero-order valence-corrected chi connectivity index (χ0v) is 16.3. The Hall–Kier alpha value is -1.27. The number of hydrogen-bond donors (Lipinski definition) is 0. The molecule has 0 atom stereocenters. The average Bonchev–Trinajstić information content (AvgIpc) is 2.54. The maximum Gasteiger partial charge on any atom is 0.0534 e. The van der Waals surface area contributed by atoms with Crippen LogP contribution in [0.2, 0.25) is 0 Å². The summed E-state index contributed by atoms with van der Waals surface area (Å²) in [5.74, 6) is 0. The summed E-state index contributed by atoms with van der Waals surface area (Å²) >= 11 is 1.61. The highest BCUT2D eigenvalue weighted by Crippen LogP contribution is 1.78. The summed E-state index contributed by atoms with van der Waals surface area (Å²) < 4.78 is 4.69. The number of methoxy groups -OCH3 is 1. The molecule has 0 aromatic rings. The normalized spacial score (nSPS) is 10.5. The second-order valence-electron chi connectivity index (χ2n) is 3.34. The standard InChI is InChI=1S/C5H9N.C4H8N2.C4H10O.C3H7NS/c1-3-4-5-6-2;1-5-3-4-6-2;1-3-4-5-2;1-4-3-5-2/h3-5H,1-2H3;3-4H,1-2H3;3-4H2,1-2H3;3H,1-2H3/b4-3-,6-5?;;;. The third-order valence-electron chi connectivity index (χ3n) is 1.41. The quantitative estimate of drug-likeness (QED) is 0.570. The van der Waals surface area contributed by atoms with Crippen molar-refractivity contribution < 1.29 is 4.74 Å². The van der Waals surface area contributed by atoms with Gasteiger partial charge in [-0.15, -0.1) is 11.8 Å². The topological polar surface area (TPSA) is 58.7 Å². The van der Waals surface area contributed by atoms with E-state index in [4.69, 9.17) is 4.74 Å². The molecular formula is C16H34N4OS. The van der Waals surface area contributed by atoms with Crippen molar-refractivity contribution in [2.24, 2.45) is 20.0 Å². The molecular weight excluding hydrogens is 296 g/mol. The smallest absolute Gasteiger partial charge is 0.0534 e. The SMILES string of the molecule is C/C=C\C=NC.CCCOC.CN=CC=NC.CN=CSC. The molecule has 22 heavy (non-hydrogen) atoms. The molecule has 5 nitrogen and oxygen atoms in total. The fourth-order valence-electron chi connectivity index (χ4n) is 0.615. The van der Waals surface area contributed by atoms with Crippen LogP contribution in [0.5, 0.6) is 0 Å². The van der Waals surface area contributed by atoms with Crippen LogP contribution in [0.4, 0.5) is 0 Å². The lowest BCUT2D eigenvalue weighted by molar-refractivity contribution is 0.199. The first-order valence-electron chi connectivity index (χ1n) is 6.95. The molecule has 0 amide bonds. The fourth-order valence-corrected chi connectivity index (χ4v) is 0.826. The molecule has 0 aliphatic heterocycles. The molecule has 0 aromatic heterocycles. The van der Waals surface area contributed by atoms with Crippen LogP contribution in [0.15, 0.2) is 32.1 Å². The van der Waals surface area contributed by atoms with E-state index in [0.29, 0.717) is 0 Å². The van der Waals surface area contributed by atoms with Gasteiger partial charge in [0.05, 0.1) is 5.55 Å². The first kappa shape index (κ1) is 28.8. The number of rotatable bonds is 5. The van der Waals surface area contributed by atoms with Gasteiger partial charge in [0, 0.05) is 60.6 Å². The van der Waals surface area contributed by atoms with E-state index in [9.17, 15) is 0 Å². The van der Waals surface area contributed by atoms with Crippen molar-refractivity contribution in [3.63, 3.8) is 0 Å². The van der Waals surface area contributed by atoms with Gasteiger partial charge in [-0.25, -0.2) is 0 Å². The van der Waals surface area contributed by atoms with Crippen LogP contribution in [0.3, 0.4) is 0 Å². The number of ether oxygens (including phenoxy) is 1. The van der Waals surface area contributed by atoms with E-state index in [1.807, 2.05) is 25.3 Å². The summed E-state index contributed by atoms with van der Waals surface area (Å²) in [6.45, 7) is 4.94. The molecule has 0 aromatic carbocycles. The number of aliphatic imine (C=N–C) groups is 4. The predicted molar refractivity (Wildman–Crippen MR) is 108 cm³/mol. The van der Waals surface area contributed by atoms with E-state index in [1.54, 1.807) is 71.3 Å². The molecule has 0 bridgehead atoms. The summed E-state index contributed by atoms with van der Waals surface area (Å²) in [6, 6.07) is 0. The molecule has 0 N–H and O–H groups in total. The molecule has 0 heterocycles. The molecule has 0 radical (unpaired) electrons. The van der Waals surface area contributed by atoms with Crippen LogP contribution in [0.1, 0.15) is 20.3 Å². The Bertz CT molecular complexity index is 246. The molecule has 0 unspecified atom stereocenters. The zero-order valence-electron chi connectivity index (χ0n) is 15.5. The van der Waals surface area contributed by atoms with Gasteiger partial charge in [0.1, 0.15) is 0 Å². The monoisotopic (exact) mass is 330 g/mol. The largest absolute Gasteiger partial charge is 0.385 e. The van der Waals surface area contributed by atoms with Gasteiger partial charge in [-0.1, -0.05) is 13.0 Å². The highest BCUT2D eigenvalue weighted by atomic mass is 32.2. The van der Waals surface area contributed by atoms with E-state index in [1.165, 1.54) is 0 Å². The maximum absolute atomic E-state index is 4.69. The summed E-state index contributed by atoms with van der Waals surface area (Å²) in [6.07, 6.45) is 12.0. The van der Waals surface area contributed by atoms with E-state index < -0.39 is 0 Å². The van der Waals surface area contributed by atoms with Crippen molar-refractivity contribution >= 4 is 36.0 Å². The van der Waals surface area contributed by atoms with Crippen LogP contribution >= 0.6 is 11.8 Å². The third kappa shape index (κ3) is 77.3. The van der Waals surface area contributed by atoms with Crippen LogP contribution in [-0.4, -0.2) is 72.4 Å². The first-order valence-corrected chi connectivity index (χ1v) is 8.23. The van der Waals surface area contributed by atoms with Crippen molar-refractivity contribution in [3.05, 3.63) is 12.2 Å². The van der Waals surface area contributed by atoms with Crippen molar-refractivity contribution in [1.29, 1.82) is 0 Å².